The zero-order valence-corrected chi connectivity index (χ0v) is 10.4. The highest BCUT2D eigenvalue weighted by Gasteiger charge is 2.11. The van der Waals surface area contributed by atoms with Crippen molar-refractivity contribution in [3.05, 3.63) is 45.3 Å². The Morgan fingerprint density at radius 3 is 2.71 bits per heavy atom. The molecule has 0 aliphatic rings. The average Bonchev–Trinajstić information content (AvgIpc) is 2.28. The van der Waals surface area contributed by atoms with E-state index in [9.17, 15) is 0 Å². The van der Waals surface area contributed by atoms with Gasteiger partial charge in [-0.3, -0.25) is 0 Å². The van der Waals surface area contributed by atoms with E-state index < -0.39 is 0 Å². The number of unbranched alkanes of at least 4 members (excludes halogenated alkanes) is 1. The van der Waals surface area contributed by atoms with Crippen LogP contribution in [0.4, 0.5) is 0 Å². The number of hydrogen-bond acceptors (Lipinski definition) is 2. The van der Waals surface area contributed by atoms with Gasteiger partial charge in [-0.2, -0.15) is 0 Å². The molecule has 0 spiro atoms. The highest BCUT2D eigenvalue weighted by Crippen LogP contribution is 2.27. The lowest BCUT2D eigenvalue weighted by atomic mass is 9.96. The molecule has 1 atom stereocenters. The quantitative estimate of drug-likeness (QED) is 0.345. The van der Waals surface area contributed by atoms with Gasteiger partial charge >= 0.3 is 0 Å². The van der Waals surface area contributed by atoms with Crippen LogP contribution in [0.25, 0.3) is 10.4 Å². The maximum absolute atomic E-state index is 8.77. The molecule has 0 radical (unpaired) electrons. The molecule has 0 aromatic heterocycles. The zero-order valence-electron chi connectivity index (χ0n) is 10.4. The van der Waals surface area contributed by atoms with E-state index in [4.69, 9.17) is 10.6 Å². The molecule has 0 fully saturated rings. The van der Waals surface area contributed by atoms with E-state index in [1.54, 1.807) is 0 Å². The topological polar surface area (TPSA) is 69.0 Å². The minimum absolute atomic E-state index is 0.118. The van der Waals surface area contributed by atoms with Crippen molar-refractivity contribution < 1.29 is 5.11 Å². The van der Waals surface area contributed by atoms with E-state index in [1.807, 2.05) is 26.0 Å². The number of aliphatic hydroxyl groups excluding tert-OH is 1. The summed E-state index contributed by atoms with van der Waals surface area (Å²) in [6, 6.07) is 6.05. The number of benzene rings is 1. The molecule has 1 unspecified atom stereocenters. The Balaban J connectivity index is 2.85. The standard InChI is InChI=1S/C13H19N3O/c1-10-6-7-12(11(2)9-10)13(15-16-14)5-3-4-8-17/h6-7,9,13,17H,3-5,8H2,1-2H3. The van der Waals surface area contributed by atoms with Gasteiger partial charge in [0.05, 0.1) is 6.04 Å². The molecule has 4 heteroatoms. The third-order valence-electron chi connectivity index (χ3n) is 2.86. The Bertz CT molecular complexity index is 411. The third kappa shape index (κ3) is 4.10. The zero-order chi connectivity index (χ0) is 12.7. The molecule has 0 aliphatic heterocycles. The summed E-state index contributed by atoms with van der Waals surface area (Å²) in [4.78, 5) is 2.92. The third-order valence-corrected chi connectivity index (χ3v) is 2.86. The molecule has 4 nitrogen and oxygen atoms in total. The van der Waals surface area contributed by atoms with Crippen LogP contribution >= 0.6 is 0 Å². The van der Waals surface area contributed by atoms with Gasteiger partial charge < -0.3 is 5.11 Å². The van der Waals surface area contributed by atoms with Crippen molar-refractivity contribution >= 4 is 0 Å². The average molecular weight is 233 g/mol. The normalized spacial score (nSPS) is 11.9. The predicted octanol–water partition coefficient (Wildman–Crippen LogP) is 3.82. The van der Waals surface area contributed by atoms with E-state index in [0.29, 0.717) is 0 Å². The van der Waals surface area contributed by atoms with Gasteiger partial charge in [0.15, 0.2) is 0 Å². The summed E-state index contributed by atoms with van der Waals surface area (Å²) in [5.41, 5.74) is 12.1. The number of nitrogens with zero attached hydrogens (tertiary/aromatic N) is 3. The van der Waals surface area contributed by atoms with Gasteiger partial charge in [0, 0.05) is 11.5 Å². The van der Waals surface area contributed by atoms with E-state index >= 15 is 0 Å². The summed E-state index contributed by atoms with van der Waals surface area (Å²) >= 11 is 0. The second-order valence-corrected chi connectivity index (χ2v) is 4.30. The molecule has 92 valence electrons. The van der Waals surface area contributed by atoms with Gasteiger partial charge in [-0.05, 0) is 43.3 Å². The molecule has 0 saturated carbocycles. The highest BCUT2D eigenvalue weighted by molar-refractivity contribution is 5.32. The van der Waals surface area contributed by atoms with Crippen LogP contribution in [-0.2, 0) is 0 Å². The van der Waals surface area contributed by atoms with E-state index in [0.717, 1.165) is 30.4 Å². The molecular formula is C13H19N3O. The summed E-state index contributed by atoms with van der Waals surface area (Å²) < 4.78 is 0. The van der Waals surface area contributed by atoms with Crippen LogP contribution in [0, 0.1) is 13.8 Å². The number of azide groups is 1. The summed E-state index contributed by atoms with van der Waals surface area (Å²) in [5.74, 6) is 0. The summed E-state index contributed by atoms with van der Waals surface area (Å²) in [7, 11) is 0. The molecule has 0 amide bonds. The molecule has 1 N–H and O–H groups in total. The molecule has 0 saturated heterocycles. The fourth-order valence-corrected chi connectivity index (χ4v) is 1.99. The first-order valence-electron chi connectivity index (χ1n) is 5.91. The number of aryl methyl sites for hydroxylation is 2. The van der Waals surface area contributed by atoms with Crippen molar-refractivity contribution in [1.29, 1.82) is 0 Å². The van der Waals surface area contributed by atoms with Gasteiger partial charge in [-0.15, -0.1) is 0 Å². The smallest absolute Gasteiger partial charge is 0.0627 e. The maximum atomic E-state index is 8.77. The Labute approximate surface area is 102 Å². The van der Waals surface area contributed by atoms with Gasteiger partial charge in [-0.25, -0.2) is 0 Å². The van der Waals surface area contributed by atoms with E-state index in [2.05, 4.69) is 16.1 Å². The fraction of sp³-hybridized carbons (Fsp3) is 0.538. The fourth-order valence-electron chi connectivity index (χ4n) is 1.99. The van der Waals surface area contributed by atoms with Gasteiger partial charge in [0.1, 0.15) is 0 Å². The van der Waals surface area contributed by atoms with Crippen LogP contribution in [0.5, 0.6) is 0 Å². The molecule has 0 aliphatic carbocycles. The first-order valence-corrected chi connectivity index (χ1v) is 5.91. The van der Waals surface area contributed by atoms with Crippen molar-refractivity contribution in [3.8, 4) is 0 Å². The van der Waals surface area contributed by atoms with Crippen molar-refractivity contribution in [1.82, 2.24) is 0 Å². The van der Waals surface area contributed by atoms with Crippen LogP contribution in [0.15, 0.2) is 23.3 Å². The van der Waals surface area contributed by atoms with Crippen molar-refractivity contribution in [2.24, 2.45) is 5.11 Å². The Morgan fingerprint density at radius 1 is 1.35 bits per heavy atom. The van der Waals surface area contributed by atoms with Gasteiger partial charge in [0.25, 0.3) is 0 Å². The molecular weight excluding hydrogens is 214 g/mol. The highest BCUT2D eigenvalue weighted by atomic mass is 16.2. The molecule has 1 aromatic rings. The summed E-state index contributed by atoms with van der Waals surface area (Å²) in [6.07, 6.45) is 2.41. The monoisotopic (exact) mass is 233 g/mol. The largest absolute Gasteiger partial charge is 0.396 e. The first kappa shape index (κ1) is 13.6. The van der Waals surface area contributed by atoms with Crippen LogP contribution in [-0.4, -0.2) is 11.7 Å². The lowest BCUT2D eigenvalue weighted by Crippen LogP contribution is -1.99. The molecule has 0 bridgehead atoms. The number of rotatable bonds is 6. The Morgan fingerprint density at radius 2 is 2.12 bits per heavy atom. The van der Waals surface area contributed by atoms with E-state index in [-0.39, 0.29) is 12.6 Å². The summed E-state index contributed by atoms with van der Waals surface area (Å²) in [6.45, 7) is 4.27. The lowest BCUT2D eigenvalue weighted by molar-refractivity contribution is 0.281. The number of aliphatic hydroxyl groups is 1. The first-order chi connectivity index (χ1) is 8.19. The van der Waals surface area contributed by atoms with Crippen LogP contribution in [0.3, 0.4) is 0 Å². The van der Waals surface area contributed by atoms with E-state index in [1.165, 1.54) is 5.56 Å². The van der Waals surface area contributed by atoms with Crippen molar-refractivity contribution in [3.63, 3.8) is 0 Å². The van der Waals surface area contributed by atoms with Crippen LogP contribution in [0.1, 0.15) is 42.0 Å². The minimum Gasteiger partial charge on any atom is -0.396 e. The summed E-state index contributed by atoms with van der Waals surface area (Å²) in [5, 5.41) is 12.6. The minimum atomic E-state index is -0.118. The van der Waals surface area contributed by atoms with Crippen molar-refractivity contribution in [2.45, 2.75) is 39.2 Å². The van der Waals surface area contributed by atoms with Crippen molar-refractivity contribution in [2.75, 3.05) is 6.61 Å². The maximum Gasteiger partial charge on any atom is 0.0627 e. The Kier molecular flexibility index (Phi) is 5.53. The van der Waals surface area contributed by atoms with Crippen LogP contribution in [0.2, 0.25) is 0 Å². The molecule has 1 aromatic carbocycles. The van der Waals surface area contributed by atoms with Gasteiger partial charge in [0.2, 0.25) is 0 Å². The van der Waals surface area contributed by atoms with Crippen LogP contribution < -0.4 is 0 Å². The second kappa shape index (κ2) is 6.94. The molecule has 1 rings (SSSR count). The lowest BCUT2D eigenvalue weighted by Gasteiger charge is -2.14. The SMILES string of the molecule is Cc1ccc(C(CCCCO)N=[N+]=[N-])c(C)c1. The Hall–Kier alpha value is -1.51. The predicted molar refractivity (Wildman–Crippen MR) is 68.7 cm³/mol. The molecule has 0 heterocycles. The second-order valence-electron chi connectivity index (χ2n) is 4.30. The molecule has 17 heavy (non-hydrogen) atoms. The van der Waals surface area contributed by atoms with Gasteiger partial charge in [-0.1, -0.05) is 35.3 Å². The number of hydrogen-bond donors (Lipinski definition) is 1.